The predicted octanol–water partition coefficient (Wildman–Crippen LogP) is 6.06. The molecule has 4 nitrogen and oxygen atoms in total. The van der Waals surface area contributed by atoms with Crippen molar-refractivity contribution in [3.05, 3.63) is 94.5 Å². The number of thioether (sulfide) groups is 1. The second-order valence-electron chi connectivity index (χ2n) is 6.17. The van der Waals surface area contributed by atoms with Crippen LogP contribution in [0, 0.1) is 0 Å². The molecule has 0 atom stereocenters. The van der Waals surface area contributed by atoms with Crippen LogP contribution in [0.25, 0.3) is 0 Å². The van der Waals surface area contributed by atoms with Gasteiger partial charge < -0.3 is 10.1 Å². The van der Waals surface area contributed by atoms with Crippen LogP contribution >= 0.6 is 23.4 Å². The van der Waals surface area contributed by atoms with E-state index >= 15 is 0 Å². The number of esters is 1. The molecule has 0 spiro atoms. The van der Waals surface area contributed by atoms with Gasteiger partial charge in [-0.05, 0) is 55.0 Å². The van der Waals surface area contributed by atoms with Crippen molar-refractivity contribution in [2.24, 2.45) is 0 Å². The van der Waals surface area contributed by atoms with E-state index < -0.39 is 5.97 Å². The molecule has 0 aliphatic rings. The van der Waals surface area contributed by atoms with Crippen LogP contribution in [0.5, 0.6) is 0 Å². The van der Waals surface area contributed by atoms with Crippen molar-refractivity contribution in [3.63, 3.8) is 0 Å². The van der Waals surface area contributed by atoms with Crippen LogP contribution in [-0.2, 0) is 10.5 Å². The molecule has 0 bridgehead atoms. The monoisotopic (exact) mass is 425 g/mol. The molecule has 0 saturated carbocycles. The molecule has 29 heavy (non-hydrogen) atoms. The van der Waals surface area contributed by atoms with Gasteiger partial charge in [0, 0.05) is 21.9 Å². The minimum absolute atomic E-state index is 0.231. The Morgan fingerprint density at radius 2 is 1.72 bits per heavy atom. The summed E-state index contributed by atoms with van der Waals surface area (Å²) in [7, 11) is 0. The maximum Gasteiger partial charge on any atom is 0.339 e. The zero-order valence-corrected chi connectivity index (χ0v) is 17.4. The van der Waals surface area contributed by atoms with Gasteiger partial charge in [-0.15, -0.1) is 11.8 Å². The van der Waals surface area contributed by atoms with Gasteiger partial charge >= 0.3 is 5.97 Å². The summed E-state index contributed by atoms with van der Waals surface area (Å²) in [4.78, 5) is 25.5. The van der Waals surface area contributed by atoms with Gasteiger partial charge in [-0.2, -0.15) is 0 Å². The molecule has 0 unspecified atom stereocenters. The van der Waals surface area contributed by atoms with Gasteiger partial charge in [0.1, 0.15) is 0 Å². The minimum atomic E-state index is -0.487. The average molecular weight is 426 g/mol. The number of nitrogens with one attached hydrogen (secondary N) is 1. The number of carbonyl (C=O) groups is 2. The first-order valence-corrected chi connectivity index (χ1v) is 10.5. The van der Waals surface area contributed by atoms with E-state index in [1.165, 1.54) is 11.0 Å². The largest absolute Gasteiger partial charge is 0.462 e. The van der Waals surface area contributed by atoms with Crippen molar-refractivity contribution in [3.8, 4) is 0 Å². The van der Waals surface area contributed by atoms with Crippen LogP contribution in [0.3, 0.4) is 0 Å². The number of rotatable bonds is 7. The second-order valence-corrected chi connectivity index (χ2v) is 7.62. The van der Waals surface area contributed by atoms with Crippen LogP contribution in [0.4, 0.5) is 5.69 Å². The van der Waals surface area contributed by atoms with Crippen LogP contribution in [0.2, 0.25) is 5.02 Å². The van der Waals surface area contributed by atoms with E-state index in [1.54, 1.807) is 43.0 Å². The van der Waals surface area contributed by atoms with Crippen molar-refractivity contribution in [2.75, 3.05) is 11.9 Å². The molecule has 0 radical (unpaired) electrons. The van der Waals surface area contributed by atoms with E-state index in [0.717, 1.165) is 11.3 Å². The SMILES string of the molecule is CCOC(=O)c1ccc(NC(=O)c2ccc(CSc3ccccc3)cc2)cc1Cl. The summed E-state index contributed by atoms with van der Waals surface area (Å²) in [6.45, 7) is 2.00. The smallest absolute Gasteiger partial charge is 0.339 e. The van der Waals surface area contributed by atoms with Crippen molar-refractivity contribution < 1.29 is 14.3 Å². The molecule has 6 heteroatoms. The third-order valence-electron chi connectivity index (χ3n) is 4.09. The quantitative estimate of drug-likeness (QED) is 0.369. The molecule has 148 valence electrons. The lowest BCUT2D eigenvalue weighted by atomic mass is 10.1. The summed E-state index contributed by atoms with van der Waals surface area (Å²) >= 11 is 7.89. The van der Waals surface area contributed by atoms with Gasteiger partial charge in [0.25, 0.3) is 5.91 Å². The summed E-state index contributed by atoms with van der Waals surface area (Å²) in [5, 5.41) is 3.02. The molecule has 3 aromatic carbocycles. The summed E-state index contributed by atoms with van der Waals surface area (Å²) < 4.78 is 4.95. The van der Waals surface area contributed by atoms with E-state index in [1.807, 2.05) is 30.3 Å². The van der Waals surface area contributed by atoms with E-state index in [9.17, 15) is 9.59 Å². The number of carbonyl (C=O) groups excluding carboxylic acids is 2. The standard InChI is InChI=1S/C23H20ClNO3S/c1-2-28-23(27)20-13-12-18(14-21(20)24)25-22(26)17-10-8-16(9-11-17)15-29-19-6-4-3-5-7-19/h3-14H,2,15H2,1H3,(H,25,26). The Labute approximate surface area is 179 Å². The Kier molecular flexibility index (Phi) is 7.33. The normalized spacial score (nSPS) is 10.4. The maximum atomic E-state index is 12.5. The maximum absolute atomic E-state index is 12.5. The van der Waals surface area contributed by atoms with Gasteiger partial charge in [-0.1, -0.05) is 41.9 Å². The first-order valence-electron chi connectivity index (χ1n) is 9.11. The Balaban J connectivity index is 1.60. The Morgan fingerprint density at radius 1 is 1.00 bits per heavy atom. The lowest BCUT2D eigenvalue weighted by Gasteiger charge is -2.09. The zero-order valence-electron chi connectivity index (χ0n) is 15.9. The molecule has 0 aliphatic carbocycles. The summed E-state index contributed by atoms with van der Waals surface area (Å²) in [5.41, 5.74) is 2.46. The molecule has 0 aromatic heterocycles. The first kappa shape index (κ1) is 21.0. The fourth-order valence-electron chi connectivity index (χ4n) is 2.61. The summed E-state index contributed by atoms with van der Waals surface area (Å²) in [6, 6.07) is 22.4. The number of halogens is 1. The lowest BCUT2D eigenvalue weighted by Crippen LogP contribution is -2.12. The molecule has 0 saturated heterocycles. The first-order chi connectivity index (χ1) is 14.1. The van der Waals surface area contributed by atoms with Gasteiger partial charge in [-0.3, -0.25) is 4.79 Å². The van der Waals surface area contributed by atoms with Crippen molar-refractivity contribution >= 4 is 40.9 Å². The number of hydrogen-bond donors (Lipinski definition) is 1. The predicted molar refractivity (Wildman–Crippen MR) is 118 cm³/mol. The van der Waals surface area contributed by atoms with E-state index in [0.29, 0.717) is 11.3 Å². The van der Waals surface area contributed by atoms with Crippen LogP contribution in [0.1, 0.15) is 33.2 Å². The highest BCUT2D eigenvalue weighted by molar-refractivity contribution is 7.98. The molecular formula is C23H20ClNO3S. The molecule has 0 heterocycles. The van der Waals surface area contributed by atoms with Crippen LogP contribution in [0.15, 0.2) is 77.7 Å². The van der Waals surface area contributed by atoms with Gasteiger partial charge in [0.05, 0.1) is 17.2 Å². The fraction of sp³-hybridized carbons (Fsp3) is 0.130. The van der Waals surface area contributed by atoms with Crippen LogP contribution in [-0.4, -0.2) is 18.5 Å². The minimum Gasteiger partial charge on any atom is -0.462 e. The summed E-state index contributed by atoms with van der Waals surface area (Å²) in [5.74, 6) is 0.100. The van der Waals surface area contributed by atoms with E-state index in [-0.39, 0.29) is 23.1 Å². The topological polar surface area (TPSA) is 55.4 Å². The second kappa shape index (κ2) is 10.1. The molecule has 0 aliphatic heterocycles. The Morgan fingerprint density at radius 3 is 2.38 bits per heavy atom. The lowest BCUT2D eigenvalue weighted by molar-refractivity contribution is 0.0526. The number of hydrogen-bond acceptors (Lipinski definition) is 4. The average Bonchev–Trinajstić information content (AvgIpc) is 2.73. The van der Waals surface area contributed by atoms with Crippen molar-refractivity contribution in [2.45, 2.75) is 17.6 Å². The van der Waals surface area contributed by atoms with E-state index in [4.69, 9.17) is 16.3 Å². The highest BCUT2D eigenvalue weighted by Crippen LogP contribution is 2.24. The molecular weight excluding hydrogens is 406 g/mol. The number of anilines is 1. The number of benzene rings is 3. The van der Waals surface area contributed by atoms with Gasteiger partial charge in [0.15, 0.2) is 0 Å². The zero-order chi connectivity index (χ0) is 20.6. The van der Waals surface area contributed by atoms with Gasteiger partial charge in [-0.25, -0.2) is 4.79 Å². The molecule has 3 aromatic rings. The fourth-order valence-corrected chi connectivity index (χ4v) is 3.74. The number of amides is 1. The van der Waals surface area contributed by atoms with Gasteiger partial charge in [0.2, 0.25) is 0 Å². The third kappa shape index (κ3) is 5.86. The van der Waals surface area contributed by atoms with Crippen molar-refractivity contribution in [1.29, 1.82) is 0 Å². The molecule has 1 amide bonds. The number of ether oxygens (including phenoxy) is 1. The Bertz CT molecular complexity index is 991. The van der Waals surface area contributed by atoms with Crippen LogP contribution < -0.4 is 5.32 Å². The molecule has 1 N–H and O–H groups in total. The highest BCUT2D eigenvalue weighted by atomic mass is 35.5. The molecule has 3 rings (SSSR count). The van der Waals surface area contributed by atoms with E-state index in [2.05, 4.69) is 17.4 Å². The summed E-state index contributed by atoms with van der Waals surface area (Å²) in [6.07, 6.45) is 0. The third-order valence-corrected chi connectivity index (χ3v) is 5.48. The molecule has 0 fully saturated rings. The van der Waals surface area contributed by atoms with Crippen molar-refractivity contribution in [1.82, 2.24) is 0 Å². The highest BCUT2D eigenvalue weighted by Gasteiger charge is 2.13. The Hall–Kier alpha value is -2.76.